The zero-order valence-electron chi connectivity index (χ0n) is 10.9. The van der Waals surface area contributed by atoms with Crippen molar-refractivity contribution in [1.82, 2.24) is 4.98 Å². The van der Waals surface area contributed by atoms with Gasteiger partial charge in [0, 0.05) is 23.5 Å². The van der Waals surface area contributed by atoms with Gasteiger partial charge in [-0.15, -0.1) is 0 Å². The minimum atomic E-state index is -0.00962. The molecule has 1 heterocycles. The van der Waals surface area contributed by atoms with E-state index in [-0.39, 0.29) is 5.91 Å². The topological polar surface area (TPSA) is 42.0 Å². The average Bonchev–Trinajstić information content (AvgIpc) is 2.48. The summed E-state index contributed by atoms with van der Waals surface area (Å²) >= 11 is 0. The van der Waals surface area contributed by atoms with Gasteiger partial charge in [-0.3, -0.25) is 9.78 Å². The monoisotopic (exact) mass is 262 g/mol. The molecule has 0 bridgehead atoms. The standard InChI is InChI=1S/C17H14N2O/c20-17(10-13-4-2-1-3-5-13)19-16-7-6-15-12-18-9-8-14(15)11-16/h1-9,11-12H,10H2,(H,19,20). The van der Waals surface area contributed by atoms with Crippen LogP contribution < -0.4 is 5.32 Å². The van der Waals surface area contributed by atoms with Gasteiger partial charge in [0.05, 0.1) is 6.42 Å². The zero-order valence-corrected chi connectivity index (χ0v) is 10.9. The van der Waals surface area contributed by atoms with E-state index in [1.165, 1.54) is 0 Å². The molecular weight excluding hydrogens is 248 g/mol. The number of anilines is 1. The lowest BCUT2D eigenvalue weighted by Gasteiger charge is -2.06. The van der Waals surface area contributed by atoms with Gasteiger partial charge in [0.15, 0.2) is 0 Å². The molecule has 3 heteroatoms. The Bertz CT molecular complexity index is 738. The fourth-order valence-corrected chi connectivity index (χ4v) is 2.15. The molecule has 0 fully saturated rings. The number of amides is 1. The molecule has 0 aliphatic carbocycles. The van der Waals surface area contributed by atoms with Gasteiger partial charge in [-0.05, 0) is 29.1 Å². The van der Waals surface area contributed by atoms with Gasteiger partial charge in [-0.2, -0.15) is 0 Å². The van der Waals surface area contributed by atoms with E-state index >= 15 is 0 Å². The second-order valence-electron chi connectivity index (χ2n) is 4.65. The van der Waals surface area contributed by atoms with Crippen LogP contribution in [0.3, 0.4) is 0 Å². The van der Waals surface area contributed by atoms with Gasteiger partial charge < -0.3 is 5.32 Å². The number of carbonyl (C=O) groups excluding carboxylic acids is 1. The zero-order chi connectivity index (χ0) is 13.8. The molecule has 0 radical (unpaired) electrons. The third-order valence-corrected chi connectivity index (χ3v) is 3.13. The van der Waals surface area contributed by atoms with E-state index in [1.54, 1.807) is 6.20 Å². The van der Waals surface area contributed by atoms with Crippen LogP contribution in [0.15, 0.2) is 67.0 Å². The van der Waals surface area contributed by atoms with Crippen molar-refractivity contribution >= 4 is 22.4 Å². The van der Waals surface area contributed by atoms with Crippen LogP contribution in [0.4, 0.5) is 5.69 Å². The quantitative estimate of drug-likeness (QED) is 0.786. The molecule has 2 aromatic carbocycles. The minimum absolute atomic E-state index is 0.00962. The number of rotatable bonds is 3. The highest BCUT2D eigenvalue weighted by atomic mass is 16.1. The lowest BCUT2D eigenvalue weighted by Crippen LogP contribution is -2.14. The highest BCUT2D eigenvalue weighted by Crippen LogP contribution is 2.18. The Labute approximate surface area is 117 Å². The fourth-order valence-electron chi connectivity index (χ4n) is 2.15. The van der Waals surface area contributed by atoms with Crippen LogP contribution in [0.2, 0.25) is 0 Å². The maximum absolute atomic E-state index is 12.0. The first kappa shape index (κ1) is 12.4. The van der Waals surface area contributed by atoms with Crippen LogP contribution in [0.25, 0.3) is 10.8 Å². The maximum Gasteiger partial charge on any atom is 0.228 e. The summed E-state index contributed by atoms with van der Waals surface area (Å²) < 4.78 is 0. The number of hydrogen-bond acceptors (Lipinski definition) is 2. The van der Waals surface area contributed by atoms with Crippen LogP contribution in [-0.2, 0) is 11.2 Å². The van der Waals surface area contributed by atoms with Gasteiger partial charge >= 0.3 is 0 Å². The molecule has 0 aliphatic rings. The summed E-state index contributed by atoms with van der Waals surface area (Å²) in [7, 11) is 0. The van der Waals surface area contributed by atoms with E-state index in [0.29, 0.717) is 6.42 Å². The van der Waals surface area contributed by atoms with E-state index in [0.717, 1.165) is 22.0 Å². The predicted molar refractivity (Wildman–Crippen MR) is 80.5 cm³/mol. The van der Waals surface area contributed by atoms with Crippen molar-refractivity contribution < 1.29 is 4.79 Å². The number of aromatic nitrogens is 1. The first-order chi connectivity index (χ1) is 9.81. The van der Waals surface area contributed by atoms with Crippen LogP contribution >= 0.6 is 0 Å². The van der Waals surface area contributed by atoms with E-state index < -0.39 is 0 Å². The SMILES string of the molecule is O=C(Cc1ccccc1)Nc1ccc2cnccc2c1. The number of benzene rings is 2. The maximum atomic E-state index is 12.0. The van der Waals surface area contributed by atoms with Crippen LogP contribution in [-0.4, -0.2) is 10.9 Å². The summed E-state index contributed by atoms with van der Waals surface area (Å²) in [5, 5.41) is 5.05. The van der Waals surface area contributed by atoms with Gasteiger partial charge in [0.1, 0.15) is 0 Å². The molecular formula is C17H14N2O. The molecule has 0 unspecified atom stereocenters. The molecule has 0 saturated carbocycles. The Morgan fingerprint density at radius 2 is 1.85 bits per heavy atom. The third kappa shape index (κ3) is 2.83. The summed E-state index contributed by atoms with van der Waals surface area (Å²) in [5.74, 6) is -0.00962. The molecule has 3 nitrogen and oxygen atoms in total. The number of carbonyl (C=O) groups is 1. The van der Waals surface area contributed by atoms with Crippen molar-refractivity contribution in [2.45, 2.75) is 6.42 Å². The lowest BCUT2D eigenvalue weighted by molar-refractivity contribution is -0.115. The number of nitrogens with zero attached hydrogens (tertiary/aromatic N) is 1. The largest absolute Gasteiger partial charge is 0.326 e. The molecule has 0 saturated heterocycles. The van der Waals surface area contributed by atoms with Crippen molar-refractivity contribution in [3.63, 3.8) is 0 Å². The highest BCUT2D eigenvalue weighted by Gasteiger charge is 2.04. The smallest absolute Gasteiger partial charge is 0.228 e. The summed E-state index contributed by atoms with van der Waals surface area (Å²) in [5.41, 5.74) is 1.82. The Morgan fingerprint density at radius 3 is 2.70 bits per heavy atom. The Morgan fingerprint density at radius 1 is 1.00 bits per heavy atom. The van der Waals surface area contributed by atoms with Crippen molar-refractivity contribution in [3.05, 3.63) is 72.6 Å². The normalized spacial score (nSPS) is 10.4. The Hall–Kier alpha value is -2.68. The molecule has 98 valence electrons. The lowest BCUT2D eigenvalue weighted by atomic mass is 10.1. The van der Waals surface area contributed by atoms with Crippen LogP contribution in [0.1, 0.15) is 5.56 Å². The Kier molecular flexibility index (Phi) is 3.42. The van der Waals surface area contributed by atoms with Crippen molar-refractivity contribution in [1.29, 1.82) is 0 Å². The van der Waals surface area contributed by atoms with Crippen molar-refractivity contribution in [2.24, 2.45) is 0 Å². The third-order valence-electron chi connectivity index (χ3n) is 3.13. The van der Waals surface area contributed by atoms with Crippen LogP contribution in [0, 0.1) is 0 Å². The molecule has 1 aromatic heterocycles. The van der Waals surface area contributed by atoms with E-state index in [1.807, 2.05) is 60.8 Å². The molecule has 0 aliphatic heterocycles. The second kappa shape index (κ2) is 5.53. The van der Waals surface area contributed by atoms with E-state index in [2.05, 4.69) is 10.3 Å². The number of pyridine rings is 1. The van der Waals surface area contributed by atoms with Gasteiger partial charge in [0.25, 0.3) is 0 Å². The van der Waals surface area contributed by atoms with Crippen molar-refractivity contribution in [3.8, 4) is 0 Å². The number of nitrogens with one attached hydrogen (secondary N) is 1. The minimum Gasteiger partial charge on any atom is -0.326 e. The van der Waals surface area contributed by atoms with Crippen molar-refractivity contribution in [2.75, 3.05) is 5.32 Å². The fraction of sp³-hybridized carbons (Fsp3) is 0.0588. The van der Waals surface area contributed by atoms with E-state index in [4.69, 9.17) is 0 Å². The Balaban J connectivity index is 1.74. The molecule has 3 rings (SSSR count). The molecule has 0 atom stereocenters. The summed E-state index contributed by atoms with van der Waals surface area (Å²) in [6.07, 6.45) is 3.94. The molecule has 20 heavy (non-hydrogen) atoms. The number of hydrogen-bond donors (Lipinski definition) is 1. The summed E-state index contributed by atoms with van der Waals surface area (Å²) in [6.45, 7) is 0. The second-order valence-corrected chi connectivity index (χ2v) is 4.65. The van der Waals surface area contributed by atoms with Gasteiger partial charge in [-0.1, -0.05) is 36.4 Å². The molecule has 1 N–H and O–H groups in total. The highest BCUT2D eigenvalue weighted by molar-refractivity contribution is 5.95. The van der Waals surface area contributed by atoms with E-state index in [9.17, 15) is 4.79 Å². The van der Waals surface area contributed by atoms with Crippen LogP contribution in [0.5, 0.6) is 0 Å². The predicted octanol–water partition coefficient (Wildman–Crippen LogP) is 3.42. The number of fused-ring (bicyclic) bond motifs is 1. The molecule has 1 amide bonds. The average molecular weight is 262 g/mol. The molecule has 0 spiro atoms. The summed E-state index contributed by atoms with van der Waals surface area (Å²) in [6, 6.07) is 17.5. The van der Waals surface area contributed by atoms with Gasteiger partial charge in [0.2, 0.25) is 5.91 Å². The first-order valence-electron chi connectivity index (χ1n) is 6.49. The van der Waals surface area contributed by atoms with Gasteiger partial charge in [-0.25, -0.2) is 0 Å². The first-order valence-corrected chi connectivity index (χ1v) is 6.49. The summed E-state index contributed by atoms with van der Waals surface area (Å²) in [4.78, 5) is 16.1. The molecule has 3 aromatic rings.